The van der Waals surface area contributed by atoms with E-state index in [9.17, 15) is 14.7 Å². The predicted molar refractivity (Wildman–Crippen MR) is 143 cm³/mol. The minimum absolute atomic E-state index is 0.0789. The molecule has 3 rings (SSSR count). The molecule has 0 spiro atoms. The van der Waals surface area contributed by atoms with Crippen LogP contribution in [0.5, 0.6) is 5.88 Å². The van der Waals surface area contributed by atoms with Crippen molar-refractivity contribution in [2.24, 2.45) is 5.92 Å². The second-order valence-corrected chi connectivity index (χ2v) is 10.7. The zero-order valence-corrected chi connectivity index (χ0v) is 23.1. The van der Waals surface area contributed by atoms with Gasteiger partial charge in [0.1, 0.15) is 11.7 Å². The maximum absolute atomic E-state index is 13.5. The zero-order chi connectivity index (χ0) is 26.9. The average Bonchev–Trinajstić information content (AvgIpc) is 2.89. The Morgan fingerprint density at radius 2 is 2.00 bits per heavy atom. The number of nitrogens with zero attached hydrogens (tertiary/aromatic N) is 5. The third-order valence-corrected chi connectivity index (χ3v) is 7.12. The summed E-state index contributed by atoms with van der Waals surface area (Å²) in [7, 11) is 5.69. The van der Waals surface area contributed by atoms with Gasteiger partial charge in [0.2, 0.25) is 11.8 Å². The Morgan fingerprint density at radius 3 is 2.68 bits per heavy atom. The Balaban J connectivity index is 1.79. The molecule has 1 saturated heterocycles. The van der Waals surface area contributed by atoms with E-state index in [4.69, 9.17) is 4.74 Å². The number of piperidine rings is 1. The molecule has 2 aliphatic rings. The number of carbonyl (C=O) groups is 2. The lowest BCUT2D eigenvalue weighted by molar-refractivity contribution is -0.131. The molecule has 9 nitrogen and oxygen atoms in total. The van der Waals surface area contributed by atoms with Gasteiger partial charge in [0.25, 0.3) is 5.91 Å². The summed E-state index contributed by atoms with van der Waals surface area (Å²) < 4.78 is 6.31. The summed E-state index contributed by atoms with van der Waals surface area (Å²) in [5.41, 5.74) is 0.956. The van der Waals surface area contributed by atoms with Crippen molar-refractivity contribution < 1.29 is 19.4 Å². The molecule has 3 atom stereocenters. The van der Waals surface area contributed by atoms with Crippen LogP contribution in [-0.2, 0) is 4.79 Å². The summed E-state index contributed by atoms with van der Waals surface area (Å²) in [5.74, 6) is 6.14. The topological polar surface area (TPSA) is 89.5 Å². The van der Waals surface area contributed by atoms with Crippen molar-refractivity contribution >= 4 is 11.8 Å². The van der Waals surface area contributed by atoms with E-state index in [1.807, 2.05) is 39.9 Å². The summed E-state index contributed by atoms with van der Waals surface area (Å²) in [6, 6.07) is 1.35. The Labute approximate surface area is 221 Å². The molecular weight excluding hydrogens is 470 g/mol. The van der Waals surface area contributed by atoms with Crippen molar-refractivity contribution in [3.8, 4) is 17.7 Å². The number of aromatic nitrogens is 1. The van der Waals surface area contributed by atoms with Crippen LogP contribution < -0.4 is 4.74 Å². The maximum Gasteiger partial charge on any atom is 0.259 e. The number of ether oxygens (including phenoxy) is 1. The molecule has 204 valence electrons. The Kier molecular flexibility index (Phi) is 10.7. The third-order valence-electron chi connectivity index (χ3n) is 7.12. The van der Waals surface area contributed by atoms with Gasteiger partial charge < -0.3 is 24.5 Å². The van der Waals surface area contributed by atoms with E-state index in [0.717, 1.165) is 19.6 Å². The average molecular weight is 514 g/mol. The summed E-state index contributed by atoms with van der Waals surface area (Å²) >= 11 is 0. The molecule has 2 amide bonds. The minimum Gasteiger partial charge on any atom is -0.472 e. The molecule has 0 unspecified atom stereocenters. The second kappa shape index (κ2) is 13.8. The summed E-state index contributed by atoms with van der Waals surface area (Å²) in [6.45, 7) is 7.98. The number of rotatable bonds is 8. The highest BCUT2D eigenvalue weighted by Gasteiger charge is 2.34. The lowest BCUT2D eigenvalue weighted by Gasteiger charge is -2.37. The van der Waals surface area contributed by atoms with Gasteiger partial charge in [0.05, 0.1) is 25.7 Å². The molecule has 0 bridgehead atoms. The van der Waals surface area contributed by atoms with E-state index in [2.05, 4.69) is 21.7 Å². The third kappa shape index (κ3) is 8.16. The van der Waals surface area contributed by atoms with Crippen LogP contribution >= 0.6 is 0 Å². The zero-order valence-electron chi connectivity index (χ0n) is 23.1. The van der Waals surface area contributed by atoms with Gasteiger partial charge in [-0.05, 0) is 53.0 Å². The number of hydrogen-bond acceptors (Lipinski definition) is 7. The molecule has 2 aliphatic heterocycles. The van der Waals surface area contributed by atoms with Crippen molar-refractivity contribution in [3.63, 3.8) is 0 Å². The molecule has 3 heterocycles. The van der Waals surface area contributed by atoms with Crippen LogP contribution in [0.2, 0.25) is 0 Å². The van der Waals surface area contributed by atoms with Gasteiger partial charge in [0, 0.05) is 44.2 Å². The van der Waals surface area contributed by atoms with Crippen molar-refractivity contribution in [2.75, 3.05) is 67.0 Å². The number of carbonyl (C=O) groups excluding carboxylic acids is 2. The monoisotopic (exact) mass is 513 g/mol. The summed E-state index contributed by atoms with van der Waals surface area (Å²) in [6.07, 6.45) is 5.42. The van der Waals surface area contributed by atoms with Crippen LogP contribution in [0, 0.1) is 17.8 Å². The lowest BCUT2D eigenvalue weighted by Crippen LogP contribution is -2.50. The summed E-state index contributed by atoms with van der Waals surface area (Å²) in [4.78, 5) is 38.7. The molecule has 0 aliphatic carbocycles. The lowest BCUT2D eigenvalue weighted by atomic mass is 9.99. The fourth-order valence-corrected chi connectivity index (χ4v) is 4.69. The first-order valence-electron chi connectivity index (χ1n) is 13.4. The van der Waals surface area contributed by atoms with Gasteiger partial charge in [-0.15, -0.1) is 0 Å². The van der Waals surface area contributed by atoms with Crippen molar-refractivity contribution in [1.29, 1.82) is 0 Å². The predicted octanol–water partition coefficient (Wildman–Crippen LogP) is 1.55. The quantitative estimate of drug-likeness (QED) is 0.528. The Hall–Kier alpha value is -2.67. The largest absolute Gasteiger partial charge is 0.472 e. The van der Waals surface area contributed by atoms with Gasteiger partial charge in [-0.2, -0.15) is 0 Å². The smallest absolute Gasteiger partial charge is 0.259 e. The van der Waals surface area contributed by atoms with Crippen LogP contribution in [0.4, 0.5) is 0 Å². The number of hydrogen-bond donors (Lipinski definition) is 1. The number of pyridine rings is 1. The number of likely N-dealkylation sites (N-methyl/N-ethyl adjacent to an activating group) is 1. The highest BCUT2D eigenvalue weighted by molar-refractivity contribution is 5.97. The normalized spacial score (nSPS) is 21.3. The van der Waals surface area contributed by atoms with Crippen LogP contribution in [-0.4, -0.2) is 121 Å². The molecule has 0 aromatic carbocycles. The van der Waals surface area contributed by atoms with Crippen molar-refractivity contribution in [1.82, 2.24) is 24.6 Å². The molecule has 1 aromatic rings. The second-order valence-electron chi connectivity index (χ2n) is 10.7. The fraction of sp³-hybridized carbons (Fsp3) is 0.679. The highest BCUT2D eigenvalue weighted by atomic mass is 16.5. The maximum atomic E-state index is 13.5. The van der Waals surface area contributed by atoms with E-state index in [-0.39, 0.29) is 42.4 Å². The van der Waals surface area contributed by atoms with Crippen LogP contribution in [0.15, 0.2) is 12.3 Å². The number of aliphatic hydroxyl groups is 1. The standard InChI is InChI=1S/C28H43N5O4/c1-21-18-33(22(2)20-34)28(36)24-16-23(10-9-12-30(3)4)17-29-27(24)37-25(21)19-31(5)26(35)11-15-32-13-7-6-8-14-32/h16-17,21-22,25,34H,6-8,11-15,18-20H2,1-5H3/t21-,22-,25+/m1/s1. The molecular formula is C28H43N5O4. The van der Waals surface area contributed by atoms with E-state index < -0.39 is 0 Å². The molecule has 9 heteroatoms. The van der Waals surface area contributed by atoms with Crippen LogP contribution in [0.25, 0.3) is 0 Å². The fourth-order valence-electron chi connectivity index (χ4n) is 4.69. The van der Waals surface area contributed by atoms with Crippen LogP contribution in [0.3, 0.4) is 0 Å². The number of aliphatic hydroxyl groups excluding tert-OH is 1. The van der Waals surface area contributed by atoms with Gasteiger partial charge in [-0.1, -0.05) is 25.2 Å². The Bertz CT molecular complexity index is 983. The van der Waals surface area contributed by atoms with E-state index in [1.165, 1.54) is 19.3 Å². The molecule has 0 radical (unpaired) electrons. The van der Waals surface area contributed by atoms with E-state index >= 15 is 0 Å². The number of amides is 2. The van der Waals surface area contributed by atoms with Gasteiger partial charge in [-0.25, -0.2) is 4.98 Å². The first kappa shape index (κ1) is 28.9. The van der Waals surface area contributed by atoms with Gasteiger partial charge in [0.15, 0.2) is 0 Å². The molecule has 0 saturated carbocycles. The molecule has 1 N–H and O–H groups in total. The van der Waals surface area contributed by atoms with Crippen molar-refractivity contribution in [3.05, 3.63) is 23.4 Å². The van der Waals surface area contributed by atoms with E-state index in [1.54, 1.807) is 22.1 Å². The van der Waals surface area contributed by atoms with E-state index in [0.29, 0.717) is 37.2 Å². The highest BCUT2D eigenvalue weighted by Crippen LogP contribution is 2.27. The van der Waals surface area contributed by atoms with Crippen LogP contribution in [0.1, 0.15) is 55.5 Å². The number of fused-ring (bicyclic) bond motifs is 1. The molecule has 1 fully saturated rings. The van der Waals surface area contributed by atoms with Gasteiger partial charge >= 0.3 is 0 Å². The first-order chi connectivity index (χ1) is 17.7. The minimum atomic E-state index is -0.367. The molecule has 37 heavy (non-hydrogen) atoms. The SMILES string of the molecule is C[C@@H]1CN([C@H](C)CO)C(=O)c2cc(C#CCN(C)C)cnc2O[C@H]1CN(C)C(=O)CCN1CCCCC1. The molecule has 1 aromatic heterocycles. The van der Waals surface area contributed by atoms with Gasteiger partial charge in [-0.3, -0.25) is 14.5 Å². The first-order valence-corrected chi connectivity index (χ1v) is 13.4. The number of likely N-dealkylation sites (tertiary alicyclic amines) is 1. The van der Waals surface area contributed by atoms with Crippen molar-refractivity contribution in [2.45, 2.75) is 51.7 Å². The Morgan fingerprint density at radius 1 is 1.27 bits per heavy atom. The summed E-state index contributed by atoms with van der Waals surface area (Å²) in [5, 5.41) is 9.85.